The predicted octanol–water partition coefficient (Wildman–Crippen LogP) is 2.46. The fourth-order valence-corrected chi connectivity index (χ4v) is 2.89. The summed E-state index contributed by atoms with van der Waals surface area (Å²) in [5, 5.41) is 0. The number of halogens is 1. The first-order chi connectivity index (χ1) is 8.16. The lowest BCUT2D eigenvalue weighted by Crippen LogP contribution is -2.48. The number of hydrogen-bond acceptors (Lipinski definition) is 2. The van der Waals surface area contributed by atoms with Crippen LogP contribution in [-0.2, 0) is 6.42 Å². The minimum atomic E-state index is -0.137. The molecule has 1 fully saturated rings. The van der Waals surface area contributed by atoms with Gasteiger partial charge in [0.15, 0.2) is 0 Å². The summed E-state index contributed by atoms with van der Waals surface area (Å²) < 4.78 is 13.2. The average molecular weight is 234 g/mol. The molecule has 2 aliphatic rings. The highest BCUT2D eigenvalue weighted by molar-refractivity contribution is 5.58. The topological polar surface area (TPSA) is 29.3 Å². The predicted molar refractivity (Wildman–Crippen MR) is 67.7 cm³/mol. The van der Waals surface area contributed by atoms with E-state index in [1.54, 1.807) is 12.1 Å². The normalized spacial score (nSPS) is 21.2. The van der Waals surface area contributed by atoms with E-state index < -0.39 is 0 Å². The van der Waals surface area contributed by atoms with Crippen molar-refractivity contribution in [2.24, 2.45) is 5.73 Å². The van der Waals surface area contributed by atoms with Crippen LogP contribution in [0.15, 0.2) is 18.2 Å². The van der Waals surface area contributed by atoms with Crippen molar-refractivity contribution < 1.29 is 4.39 Å². The van der Waals surface area contributed by atoms with E-state index >= 15 is 0 Å². The van der Waals surface area contributed by atoms with Gasteiger partial charge in [-0.1, -0.05) is 6.07 Å². The lowest BCUT2D eigenvalue weighted by Gasteiger charge is -2.39. The van der Waals surface area contributed by atoms with Gasteiger partial charge in [0, 0.05) is 24.3 Å². The van der Waals surface area contributed by atoms with E-state index in [1.165, 1.54) is 12.0 Å². The van der Waals surface area contributed by atoms with Crippen LogP contribution in [0, 0.1) is 5.82 Å². The molecule has 17 heavy (non-hydrogen) atoms. The summed E-state index contributed by atoms with van der Waals surface area (Å²) >= 11 is 0. The largest absolute Gasteiger partial charge is 0.371 e. The Morgan fingerprint density at radius 3 is 2.88 bits per heavy atom. The summed E-state index contributed by atoms with van der Waals surface area (Å²) in [5.41, 5.74) is 8.64. The number of anilines is 1. The summed E-state index contributed by atoms with van der Waals surface area (Å²) in [5.74, 6) is -0.137. The standard InChI is InChI=1S/C14H19FN2/c15-12-3-2-11-4-8-17(13(11)10-12)9-7-14(16)5-1-6-14/h2-3,10H,1,4-9,16H2. The molecule has 2 N–H and O–H groups in total. The molecule has 0 aromatic heterocycles. The molecule has 0 bridgehead atoms. The molecule has 0 unspecified atom stereocenters. The molecule has 0 spiro atoms. The average Bonchev–Trinajstić information content (AvgIpc) is 2.66. The zero-order valence-corrected chi connectivity index (χ0v) is 10.1. The van der Waals surface area contributed by atoms with Gasteiger partial charge in [0.1, 0.15) is 5.82 Å². The van der Waals surface area contributed by atoms with Gasteiger partial charge in [-0.3, -0.25) is 0 Å². The molecule has 1 aliphatic carbocycles. The molecule has 1 saturated carbocycles. The summed E-state index contributed by atoms with van der Waals surface area (Å²) in [6.45, 7) is 1.97. The van der Waals surface area contributed by atoms with Crippen molar-refractivity contribution in [1.82, 2.24) is 0 Å². The molecular weight excluding hydrogens is 215 g/mol. The molecular formula is C14H19FN2. The number of rotatable bonds is 3. The fraction of sp³-hybridized carbons (Fsp3) is 0.571. The van der Waals surface area contributed by atoms with Gasteiger partial charge in [-0.15, -0.1) is 0 Å². The quantitative estimate of drug-likeness (QED) is 0.870. The zero-order valence-electron chi connectivity index (χ0n) is 10.1. The smallest absolute Gasteiger partial charge is 0.125 e. The van der Waals surface area contributed by atoms with E-state index in [4.69, 9.17) is 5.73 Å². The molecule has 0 radical (unpaired) electrons. The fourth-order valence-electron chi connectivity index (χ4n) is 2.89. The van der Waals surface area contributed by atoms with Crippen molar-refractivity contribution in [1.29, 1.82) is 0 Å². The second-order valence-electron chi connectivity index (χ2n) is 5.48. The molecule has 1 aliphatic heterocycles. The first-order valence-corrected chi connectivity index (χ1v) is 6.49. The first-order valence-electron chi connectivity index (χ1n) is 6.49. The Hall–Kier alpha value is -1.09. The van der Waals surface area contributed by atoms with Crippen LogP contribution in [0.25, 0.3) is 0 Å². The minimum absolute atomic E-state index is 0.0656. The third kappa shape index (κ3) is 2.04. The molecule has 92 valence electrons. The molecule has 3 rings (SSSR count). The Morgan fingerprint density at radius 2 is 2.18 bits per heavy atom. The summed E-state index contributed by atoms with van der Waals surface area (Å²) in [7, 11) is 0. The van der Waals surface area contributed by atoms with E-state index in [-0.39, 0.29) is 11.4 Å². The summed E-state index contributed by atoms with van der Waals surface area (Å²) in [4.78, 5) is 2.28. The summed E-state index contributed by atoms with van der Waals surface area (Å²) in [6.07, 6.45) is 5.63. The lowest BCUT2D eigenvalue weighted by atomic mass is 9.75. The molecule has 1 aromatic rings. The minimum Gasteiger partial charge on any atom is -0.371 e. The van der Waals surface area contributed by atoms with Crippen molar-refractivity contribution in [3.8, 4) is 0 Å². The summed E-state index contributed by atoms with van der Waals surface area (Å²) in [6, 6.07) is 5.12. The van der Waals surface area contributed by atoms with Crippen LogP contribution in [0.2, 0.25) is 0 Å². The monoisotopic (exact) mass is 234 g/mol. The van der Waals surface area contributed by atoms with Crippen LogP contribution in [0.3, 0.4) is 0 Å². The number of nitrogens with two attached hydrogens (primary N) is 1. The number of fused-ring (bicyclic) bond motifs is 1. The van der Waals surface area contributed by atoms with Crippen molar-refractivity contribution >= 4 is 5.69 Å². The SMILES string of the molecule is NC1(CCN2CCc3ccc(F)cc32)CCC1. The zero-order chi connectivity index (χ0) is 11.9. The van der Waals surface area contributed by atoms with Gasteiger partial charge in [0.05, 0.1) is 0 Å². The molecule has 0 amide bonds. The molecule has 0 atom stereocenters. The van der Waals surface area contributed by atoms with Crippen LogP contribution in [0.1, 0.15) is 31.2 Å². The van der Waals surface area contributed by atoms with Crippen LogP contribution in [0.5, 0.6) is 0 Å². The van der Waals surface area contributed by atoms with E-state index in [2.05, 4.69) is 4.90 Å². The Morgan fingerprint density at radius 1 is 1.35 bits per heavy atom. The van der Waals surface area contributed by atoms with Crippen LogP contribution in [0.4, 0.5) is 10.1 Å². The second-order valence-corrected chi connectivity index (χ2v) is 5.48. The highest BCUT2D eigenvalue weighted by atomic mass is 19.1. The number of nitrogens with zero attached hydrogens (tertiary/aromatic N) is 1. The number of hydrogen-bond donors (Lipinski definition) is 1. The van der Waals surface area contributed by atoms with Crippen LogP contribution >= 0.6 is 0 Å². The van der Waals surface area contributed by atoms with Crippen molar-refractivity contribution in [3.05, 3.63) is 29.6 Å². The lowest BCUT2D eigenvalue weighted by molar-refractivity contribution is 0.234. The van der Waals surface area contributed by atoms with Crippen molar-refractivity contribution in [2.75, 3.05) is 18.0 Å². The van der Waals surface area contributed by atoms with Gasteiger partial charge in [-0.05, 0) is 49.8 Å². The van der Waals surface area contributed by atoms with Gasteiger partial charge in [0.25, 0.3) is 0 Å². The van der Waals surface area contributed by atoms with Crippen LogP contribution < -0.4 is 10.6 Å². The molecule has 2 nitrogen and oxygen atoms in total. The van der Waals surface area contributed by atoms with E-state index in [0.29, 0.717) is 0 Å². The van der Waals surface area contributed by atoms with Gasteiger partial charge in [0.2, 0.25) is 0 Å². The molecule has 0 saturated heterocycles. The third-order valence-electron chi connectivity index (χ3n) is 4.27. The molecule has 1 heterocycles. The number of benzene rings is 1. The Balaban J connectivity index is 1.68. The van der Waals surface area contributed by atoms with Crippen molar-refractivity contribution in [3.63, 3.8) is 0 Å². The van der Waals surface area contributed by atoms with E-state index in [0.717, 1.165) is 44.5 Å². The van der Waals surface area contributed by atoms with Gasteiger partial charge >= 0.3 is 0 Å². The highest BCUT2D eigenvalue weighted by Crippen LogP contribution is 2.34. The van der Waals surface area contributed by atoms with Gasteiger partial charge in [-0.2, -0.15) is 0 Å². The Kier molecular flexibility index (Phi) is 2.58. The maximum absolute atomic E-state index is 13.2. The van der Waals surface area contributed by atoms with Crippen LogP contribution in [-0.4, -0.2) is 18.6 Å². The first kappa shape index (κ1) is 11.0. The van der Waals surface area contributed by atoms with Crippen molar-refractivity contribution in [2.45, 2.75) is 37.6 Å². The molecule has 1 aromatic carbocycles. The Labute approximate surface area is 102 Å². The molecule has 3 heteroatoms. The van der Waals surface area contributed by atoms with E-state index in [1.807, 2.05) is 6.07 Å². The highest BCUT2D eigenvalue weighted by Gasteiger charge is 2.33. The van der Waals surface area contributed by atoms with Gasteiger partial charge < -0.3 is 10.6 Å². The van der Waals surface area contributed by atoms with Gasteiger partial charge in [-0.25, -0.2) is 4.39 Å². The second kappa shape index (κ2) is 3.98. The maximum Gasteiger partial charge on any atom is 0.125 e. The Bertz CT molecular complexity index is 426. The van der Waals surface area contributed by atoms with E-state index in [9.17, 15) is 4.39 Å². The maximum atomic E-state index is 13.2. The third-order valence-corrected chi connectivity index (χ3v) is 4.27.